The Kier molecular flexibility index (Phi) is 7.76. The number of aliphatic hydroxyl groups is 1. The third kappa shape index (κ3) is 11.6. The molecule has 0 saturated heterocycles. The zero-order chi connectivity index (χ0) is 11.7. The van der Waals surface area contributed by atoms with E-state index in [2.05, 4.69) is 13.5 Å². The average molecular weight is 212 g/mol. The van der Waals surface area contributed by atoms with E-state index in [0.717, 1.165) is 12.8 Å². The second-order valence-electron chi connectivity index (χ2n) is 5.26. The van der Waals surface area contributed by atoms with Crippen molar-refractivity contribution in [1.29, 1.82) is 0 Å². The number of hydrogen-bond donors (Lipinski definition) is 1. The van der Waals surface area contributed by atoms with E-state index < -0.39 is 5.60 Å². The summed E-state index contributed by atoms with van der Waals surface area (Å²) in [6, 6.07) is 0. The van der Waals surface area contributed by atoms with Crippen molar-refractivity contribution in [2.45, 2.75) is 77.7 Å². The molecule has 0 aromatic rings. The van der Waals surface area contributed by atoms with E-state index in [0.29, 0.717) is 0 Å². The summed E-state index contributed by atoms with van der Waals surface area (Å²) in [5.41, 5.74) is 0.609. The lowest BCUT2D eigenvalue weighted by Gasteiger charge is -2.18. The third-order valence-corrected chi connectivity index (χ3v) is 2.57. The van der Waals surface area contributed by atoms with Crippen LogP contribution in [0.3, 0.4) is 0 Å². The van der Waals surface area contributed by atoms with Gasteiger partial charge in [-0.25, -0.2) is 0 Å². The van der Waals surface area contributed by atoms with E-state index in [9.17, 15) is 5.11 Å². The van der Waals surface area contributed by atoms with Gasteiger partial charge < -0.3 is 5.11 Å². The largest absolute Gasteiger partial charge is 0.390 e. The van der Waals surface area contributed by atoms with Gasteiger partial charge in [0.2, 0.25) is 0 Å². The first-order valence-corrected chi connectivity index (χ1v) is 6.34. The van der Waals surface area contributed by atoms with Gasteiger partial charge >= 0.3 is 0 Å². The van der Waals surface area contributed by atoms with Crippen LogP contribution in [0.25, 0.3) is 0 Å². The zero-order valence-corrected chi connectivity index (χ0v) is 10.8. The fourth-order valence-corrected chi connectivity index (χ4v) is 1.86. The Morgan fingerprint density at radius 2 is 1.60 bits per heavy atom. The van der Waals surface area contributed by atoms with Crippen molar-refractivity contribution in [3.8, 4) is 0 Å². The summed E-state index contributed by atoms with van der Waals surface area (Å²) in [6.45, 7) is 9.95. The molecule has 0 atom stereocenters. The van der Waals surface area contributed by atoms with Gasteiger partial charge in [0.15, 0.2) is 0 Å². The molecule has 0 amide bonds. The van der Waals surface area contributed by atoms with Gasteiger partial charge in [-0.3, -0.25) is 0 Å². The predicted molar refractivity (Wildman–Crippen MR) is 68.0 cm³/mol. The molecule has 0 unspecified atom stereocenters. The minimum absolute atomic E-state index is 0.584. The minimum atomic E-state index is -0.584. The Morgan fingerprint density at radius 1 is 1.07 bits per heavy atom. The molecule has 0 bridgehead atoms. The van der Waals surface area contributed by atoms with Gasteiger partial charge in [0.25, 0.3) is 0 Å². The molecule has 0 heterocycles. The second kappa shape index (κ2) is 7.92. The van der Waals surface area contributed by atoms with Crippen LogP contribution < -0.4 is 0 Å². The average Bonchev–Trinajstić information content (AvgIpc) is 2.08. The molecule has 0 radical (unpaired) electrons. The van der Waals surface area contributed by atoms with Gasteiger partial charge in [-0.05, 0) is 33.1 Å². The van der Waals surface area contributed by atoms with E-state index in [-0.39, 0.29) is 0 Å². The summed E-state index contributed by atoms with van der Waals surface area (Å²) in [4.78, 5) is 0. The molecule has 0 spiro atoms. The van der Waals surface area contributed by atoms with E-state index >= 15 is 0 Å². The lowest BCUT2D eigenvalue weighted by Crippen LogP contribution is -2.18. The molecule has 0 aromatic carbocycles. The van der Waals surface area contributed by atoms with Crippen LogP contribution in [0.5, 0.6) is 0 Å². The summed E-state index contributed by atoms with van der Waals surface area (Å²) < 4.78 is 0. The first kappa shape index (κ1) is 14.7. The monoisotopic (exact) mass is 212 g/mol. The molecule has 0 rings (SSSR count). The van der Waals surface area contributed by atoms with Gasteiger partial charge in [0.1, 0.15) is 0 Å². The molecular weight excluding hydrogens is 184 g/mol. The normalized spacial score (nSPS) is 11.7. The molecule has 90 valence electrons. The second-order valence-corrected chi connectivity index (χ2v) is 5.26. The minimum Gasteiger partial charge on any atom is -0.390 e. The molecule has 1 nitrogen and oxygen atoms in total. The molecule has 0 aliphatic carbocycles. The van der Waals surface area contributed by atoms with Crippen LogP contribution in [0, 0.1) is 0 Å². The van der Waals surface area contributed by atoms with Crippen molar-refractivity contribution >= 4 is 0 Å². The van der Waals surface area contributed by atoms with Crippen LogP contribution in [0.4, 0.5) is 0 Å². The first-order chi connectivity index (χ1) is 6.95. The van der Waals surface area contributed by atoms with Gasteiger partial charge in [-0.2, -0.15) is 0 Å². The Balaban J connectivity index is 3.32. The summed E-state index contributed by atoms with van der Waals surface area (Å²) >= 11 is 0. The van der Waals surface area contributed by atoms with Crippen molar-refractivity contribution in [2.75, 3.05) is 0 Å². The highest BCUT2D eigenvalue weighted by atomic mass is 16.3. The van der Waals surface area contributed by atoms with Gasteiger partial charge in [0, 0.05) is 0 Å². The summed E-state index contributed by atoms with van der Waals surface area (Å²) in [7, 11) is 0. The maximum atomic E-state index is 9.60. The standard InChI is InChI=1S/C14H28O/c1-5-6-7-8-9-10-11-13(2)12-14(3,4)15/h15H,2,5-12H2,1,3-4H3. The van der Waals surface area contributed by atoms with Crippen LogP contribution in [0.15, 0.2) is 12.2 Å². The highest BCUT2D eigenvalue weighted by Crippen LogP contribution is 2.19. The van der Waals surface area contributed by atoms with Gasteiger partial charge in [0.05, 0.1) is 5.60 Å². The molecule has 0 aromatic heterocycles. The van der Waals surface area contributed by atoms with E-state index in [1.807, 2.05) is 13.8 Å². The number of unbranched alkanes of at least 4 members (excludes halogenated alkanes) is 5. The maximum absolute atomic E-state index is 9.60. The highest BCUT2D eigenvalue weighted by Gasteiger charge is 2.13. The molecular formula is C14H28O. The fraction of sp³-hybridized carbons (Fsp3) is 0.857. The third-order valence-electron chi connectivity index (χ3n) is 2.57. The van der Waals surface area contributed by atoms with E-state index in [1.165, 1.54) is 44.1 Å². The van der Waals surface area contributed by atoms with Gasteiger partial charge in [-0.1, -0.05) is 51.2 Å². The molecule has 15 heavy (non-hydrogen) atoms. The van der Waals surface area contributed by atoms with Crippen LogP contribution in [-0.2, 0) is 0 Å². The quantitative estimate of drug-likeness (QED) is 0.442. The molecule has 1 N–H and O–H groups in total. The topological polar surface area (TPSA) is 20.2 Å². The molecule has 0 saturated carbocycles. The van der Waals surface area contributed by atoms with Crippen LogP contribution >= 0.6 is 0 Å². The summed E-state index contributed by atoms with van der Waals surface area (Å²) in [5, 5.41) is 9.60. The number of hydrogen-bond acceptors (Lipinski definition) is 1. The Morgan fingerprint density at radius 3 is 2.13 bits per heavy atom. The van der Waals surface area contributed by atoms with Crippen molar-refractivity contribution in [3.05, 3.63) is 12.2 Å². The highest BCUT2D eigenvalue weighted by molar-refractivity contribution is 4.98. The lowest BCUT2D eigenvalue weighted by atomic mass is 9.96. The maximum Gasteiger partial charge on any atom is 0.0628 e. The summed E-state index contributed by atoms with van der Waals surface area (Å²) in [5.74, 6) is 0. The predicted octanol–water partition coefficient (Wildman–Crippen LogP) is 4.45. The van der Waals surface area contributed by atoms with Crippen molar-refractivity contribution in [2.24, 2.45) is 0 Å². The summed E-state index contributed by atoms with van der Waals surface area (Å²) in [6.07, 6.45) is 9.76. The first-order valence-electron chi connectivity index (χ1n) is 6.34. The Labute approximate surface area is 95.6 Å². The molecule has 1 heteroatoms. The van der Waals surface area contributed by atoms with E-state index in [1.54, 1.807) is 0 Å². The van der Waals surface area contributed by atoms with E-state index in [4.69, 9.17) is 0 Å². The van der Waals surface area contributed by atoms with Crippen molar-refractivity contribution < 1.29 is 5.11 Å². The van der Waals surface area contributed by atoms with Crippen molar-refractivity contribution in [3.63, 3.8) is 0 Å². The van der Waals surface area contributed by atoms with Crippen LogP contribution in [-0.4, -0.2) is 10.7 Å². The fourth-order valence-electron chi connectivity index (χ4n) is 1.86. The lowest BCUT2D eigenvalue weighted by molar-refractivity contribution is 0.0801. The molecule has 0 aliphatic rings. The Hall–Kier alpha value is -0.300. The SMILES string of the molecule is C=C(CCCCCCCC)CC(C)(C)O. The smallest absolute Gasteiger partial charge is 0.0628 e. The van der Waals surface area contributed by atoms with Gasteiger partial charge in [-0.15, -0.1) is 0 Å². The van der Waals surface area contributed by atoms with Crippen LogP contribution in [0.2, 0.25) is 0 Å². The Bertz CT molecular complexity index is 165. The molecule has 0 fully saturated rings. The zero-order valence-electron chi connectivity index (χ0n) is 10.8. The van der Waals surface area contributed by atoms with Crippen LogP contribution in [0.1, 0.15) is 72.1 Å². The number of rotatable bonds is 9. The molecule has 0 aliphatic heterocycles. The van der Waals surface area contributed by atoms with Crippen molar-refractivity contribution in [1.82, 2.24) is 0 Å².